The lowest BCUT2D eigenvalue weighted by Crippen LogP contribution is -2.32. The summed E-state index contributed by atoms with van der Waals surface area (Å²) >= 11 is 6.04. The van der Waals surface area contributed by atoms with Gasteiger partial charge in [-0.25, -0.2) is 0 Å². The molecule has 0 saturated heterocycles. The van der Waals surface area contributed by atoms with E-state index in [2.05, 4.69) is 5.32 Å². The van der Waals surface area contributed by atoms with Gasteiger partial charge >= 0.3 is 6.18 Å². The van der Waals surface area contributed by atoms with Crippen molar-refractivity contribution >= 4 is 34.2 Å². The van der Waals surface area contributed by atoms with Crippen LogP contribution in [0.15, 0.2) is 75.9 Å². The molecule has 1 unspecified atom stereocenters. The normalized spacial score (nSPS) is 12.3. The SMILES string of the molecule is COc1ccc(-c2oc3ccc(Cl)cc3c(=O)c2OC(C)C(=O)Nc2ccccc2C(F)(F)F)cc1. The molecule has 0 fully saturated rings. The van der Waals surface area contributed by atoms with Gasteiger partial charge < -0.3 is 19.2 Å². The molecule has 10 heteroatoms. The molecular weight excluding hydrogens is 499 g/mol. The maximum atomic E-state index is 13.4. The van der Waals surface area contributed by atoms with Gasteiger partial charge in [-0.3, -0.25) is 9.59 Å². The fourth-order valence-corrected chi connectivity index (χ4v) is 3.67. The first-order valence-electron chi connectivity index (χ1n) is 10.6. The van der Waals surface area contributed by atoms with Gasteiger partial charge in [-0.2, -0.15) is 13.2 Å². The van der Waals surface area contributed by atoms with Crippen LogP contribution in [0.5, 0.6) is 11.5 Å². The predicted molar refractivity (Wildman–Crippen MR) is 130 cm³/mol. The van der Waals surface area contributed by atoms with Crippen LogP contribution in [0.2, 0.25) is 5.02 Å². The molecule has 4 rings (SSSR count). The Labute approximate surface area is 208 Å². The van der Waals surface area contributed by atoms with Gasteiger partial charge in [0, 0.05) is 10.6 Å². The van der Waals surface area contributed by atoms with E-state index in [-0.39, 0.29) is 27.5 Å². The molecule has 6 nitrogen and oxygen atoms in total. The average Bonchev–Trinajstić information content (AvgIpc) is 2.85. The first-order chi connectivity index (χ1) is 17.1. The van der Waals surface area contributed by atoms with Crippen LogP contribution < -0.4 is 20.2 Å². The zero-order valence-electron chi connectivity index (χ0n) is 19.0. The molecule has 0 aliphatic heterocycles. The van der Waals surface area contributed by atoms with Crippen LogP contribution >= 0.6 is 11.6 Å². The van der Waals surface area contributed by atoms with Crippen molar-refractivity contribution in [2.75, 3.05) is 12.4 Å². The quantitative estimate of drug-likeness (QED) is 0.314. The summed E-state index contributed by atoms with van der Waals surface area (Å²) in [5, 5.41) is 2.62. The largest absolute Gasteiger partial charge is 0.497 e. The molecule has 0 aliphatic carbocycles. The number of nitrogens with one attached hydrogen (secondary N) is 1. The van der Waals surface area contributed by atoms with Crippen LogP contribution in [-0.4, -0.2) is 19.1 Å². The number of fused-ring (bicyclic) bond motifs is 1. The average molecular weight is 518 g/mol. The molecule has 1 N–H and O–H groups in total. The lowest BCUT2D eigenvalue weighted by atomic mass is 10.1. The number of ether oxygens (including phenoxy) is 2. The van der Waals surface area contributed by atoms with Crippen molar-refractivity contribution in [3.8, 4) is 22.8 Å². The van der Waals surface area contributed by atoms with Gasteiger partial charge in [0.05, 0.1) is 23.7 Å². The molecule has 0 spiro atoms. The standard InChI is InChI=1S/C26H19ClF3NO5/c1-14(25(33)31-20-6-4-3-5-19(20)26(28,29)30)35-24-22(32)18-13-16(27)9-12-21(18)36-23(24)15-7-10-17(34-2)11-8-15/h3-14H,1-2H3,(H,31,33). The highest BCUT2D eigenvalue weighted by atomic mass is 35.5. The summed E-state index contributed by atoms with van der Waals surface area (Å²) in [6.07, 6.45) is -6.03. The van der Waals surface area contributed by atoms with Gasteiger partial charge in [0.15, 0.2) is 11.9 Å². The van der Waals surface area contributed by atoms with Crippen LogP contribution in [0.1, 0.15) is 12.5 Å². The Morgan fingerprint density at radius 2 is 1.75 bits per heavy atom. The molecule has 1 amide bonds. The summed E-state index contributed by atoms with van der Waals surface area (Å²) in [5.74, 6) is -0.584. The molecule has 0 radical (unpaired) electrons. The molecule has 0 saturated carbocycles. The summed E-state index contributed by atoms with van der Waals surface area (Å²) < 4.78 is 56.8. The lowest BCUT2D eigenvalue weighted by Gasteiger charge is -2.18. The Morgan fingerprint density at radius 3 is 2.42 bits per heavy atom. The number of amides is 1. The number of methoxy groups -OCH3 is 1. The van der Waals surface area contributed by atoms with E-state index < -0.39 is 34.9 Å². The van der Waals surface area contributed by atoms with Crippen LogP contribution in [-0.2, 0) is 11.0 Å². The van der Waals surface area contributed by atoms with E-state index in [1.54, 1.807) is 30.3 Å². The minimum absolute atomic E-state index is 0.0350. The molecule has 4 aromatic rings. The second-order valence-corrected chi connectivity index (χ2v) is 8.19. The number of carbonyl (C=O) groups excluding carboxylic acids is 1. The molecule has 1 heterocycles. The Balaban J connectivity index is 1.73. The summed E-state index contributed by atoms with van der Waals surface area (Å²) in [7, 11) is 1.50. The monoisotopic (exact) mass is 517 g/mol. The van der Waals surface area contributed by atoms with Crippen molar-refractivity contribution in [1.82, 2.24) is 0 Å². The summed E-state index contributed by atoms with van der Waals surface area (Å²) in [4.78, 5) is 26.1. The molecule has 36 heavy (non-hydrogen) atoms. The van der Waals surface area contributed by atoms with E-state index in [1.807, 2.05) is 0 Å². The number of halogens is 4. The number of benzene rings is 3. The van der Waals surface area contributed by atoms with E-state index in [0.717, 1.165) is 12.1 Å². The van der Waals surface area contributed by atoms with Crippen LogP contribution in [0.3, 0.4) is 0 Å². The van der Waals surface area contributed by atoms with E-state index in [1.165, 1.54) is 38.3 Å². The summed E-state index contributed by atoms with van der Waals surface area (Å²) in [5.41, 5.74) is -1.35. The third-order valence-corrected chi connectivity index (χ3v) is 5.55. The van der Waals surface area contributed by atoms with Crippen molar-refractivity contribution in [3.05, 3.63) is 87.5 Å². The number of hydrogen-bond acceptors (Lipinski definition) is 5. The Kier molecular flexibility index (Phi) is 6.94. The molecule has 0 aliphatic rings. The van der Waals surface area contributed by atoms with Crippen molar-refractivity contribution < 1.29 is 31.9 Å². The summed E-state index contributed by atoms with van der Waals surface area (Å²) in [6, 6.07) is 15.6. The minimum Gasteiger partial charge on any atom is -0.497 e. The van der Waals surface area contributed by atoms with Crippen LogP contribution in [0.25, 0.3) is 22.3 Å². The topological polar surface area (TPSA) is 77.8 Å². The highest BCUT2D eigenvalue weighted by Gasteiger charge is 2.34. The van der Waals surface area contributed by atoms with Crippen molar-refractivity contribution in [1.29, 1.82) is 0 Å². The summed E-state index contributed by atoms with van der Waals surface area (Å²) in [6.45, 7) is 1.31. The number of hydrogen-bond donors (Lipinski definition) is 1. The Bertz CT molecular complexity index is 1480. The third-order valence-electron chi connectivity index (χ3n) is 5.32. The van der Waals surface area contributed by atoms with Gasteiger partial charge in [-0.05, 0) is 61.5 Å². The van der Waals surface area contributed by atoms with Gasteiger partial charge in [0.25, 0.3) is 5.91 Å². The van der Waals surface area contributed by atoms with Gasteiger partial charge in [-0.15, -0.1) is 0 Å². The Morgan fingerprint density at radius 1 is 1.06 bits per heavy atom. The fraction of sp³-hybridized carbons (Fsp3) is 0.154. The van der Waals surface area contributed by atoms with Gasteiger partial charge in [0.1, 0.15) is 11.3 Å². The fourth-order valence-electron chi connectivity index (χ4n) is 3.49. The highest BCUT2D eigenvalue weighted by molar-refractivity contribution is 6.31. The van der Waals surface area contributed by atoms with Crippen molar-refractivity contribution in [2.24, 2.45) is 0 Å². The molecule has 1 atom stereocenters. The molecule has 186 valence electrons. The zero-order chi connectivity index (χ0) is 26.0. The second kappa shape index (κ2) is 9.94. The first kappa shape index (κ1) is 25.1. The van der Waals surface area contributed by atoms with E-state index in [9.17, 15) is 22.8 Å². The number of carbonyl (C=O) groups is 1. The third kappa shape index (κ3) is 5.16. The number of rotatable bonds is 6. The maximum Gasteiger partial charge on any atom is 0.418 e. The van der Waals surface area contributed by atoms with Gasteiger partial charge in [0.2, 0.25) is 11.2 Å². The van der Waals surface area contributed by atoms with E-state index in [4.69, 9.17) is 25.5 Å². The highest BCUT2D eigenvalue weighted by Crippen LogP contribution is 2.35. The zero-order valence-corrected chi connectivity index (χ0v) is 19.7. The van der Waals surface area contributed by atoms with Crippen LogP contribution in [0, 0.1) is 0 Å². The van der Waals surface area contributed by atoms with Crippen molar-refractivity contribution in [2.45, 2.75) is 19.2 Å². The van der Waals surface area contributed by atoms with Gasteiger partial charge in [-0.1, -0.05) is 23.7 Å². The molecular formula is C26H19ClF3NO5. The molecule has 1 aromatic heterocycles. The minimum atomic E-state index is -4.67. The molecule has 3 aromatic carbocycles. The van der Waals surface area contributed by atoms with Crippen molar-refractivity contribution in [3.63, 3.8) is 0 Å². The number of alkyl halides is 3. The number of anilines is 1. The maximum absolute atomic E-state index is 13.4. The smallest absolute Gasteiger partial charge is 0.418 e. The second-order valence-electron chi connectivity index (χ2n) is 7.75. The lowest BCUT2D eigenvalue weighted by molar-refractivity contribution is -0.137. The Hall–Kier alpha value is -3.98. The van der Waals surface area contributed by atoms with E-state index >= 15 is 0 Å². The predicted octanol–water partition coefficient (Wildman–Crippen LogP) is 6.55. The van der Waals surface area contributed by atoms with E-state index in [0.29, 0.717) is 11.3 Å². The first-order valence-corrected chi connectivity index (χ1v) is 11.0. The molecule has 0 bridgehead atoms. The van der Waals surface area contributed by atoms with Crippen LogP contribution in [0.4, 0.5) is 18.9 Å². The number of para-hydroxylation sites is 1.